The van der Waals surface area contributed by atoms with E-state index in [9.17, 15) is 4.79 Å². The van der Waals surface area contributed by atoms with Gasteiger partial charge in [0.1, 0.15) is 0 Å². The van der Waals surface area contributed by atoms with Crippen LogP contribution in [0.1, 0.15) is 24.0 Å². The molecule has 0 saturated heterocycles. The van der Waals surface area contributed by atoms with Crippen molar-refractivity contribution in [1.82, 2.24) is 20.1 Å². The van der Waals surface area contributed by atoms with Crippen molar-refractivity contribution in [3.8, 4) is 17.1 Å². The highest BCUT2D eigenvalue weighted by atomic mass is 79.9. The Morgan fingerprint density at radius 2 is 1.83 bits per heavy atom. The molecule has 4 rings (SSSR count). The van der Waals surface area contributed by atoms with Gasteiger partial charge in [0.15, 0.2) is 11.0 Å². The molecule has 0 spiro atoms. The molecule has 0 atom stereocenters. The van der Waals surface area contributed by atoms with E-state index in [1.165, 1.54) is 35.7 Å². The summed E-state index contributed by atoms with van der Waals surface area (Å²) in [5.41, 5.74) is 4.33. The molecule has 7 heteroatoms. The van der Waals surface area contributed by atoms with Crippen LogP contribution in [0.3, 0.4) is 0 Å². The van der Waals surface area contributed by atoms with Crippen molar-refractivity contribution >= 4 is 33.6 Å². The molecule has 150 valence electrons. The lowest BCUT2D eigenvalue weighted by Gasteiger charge is -2.12. The van der Waals surface area contributed by atoms with Gasteiger partial charge in [-0.2, -0.15) is 0 Å². The van der Waals surface area contributed by atoms with Gasteiger partial charge in [-0.15, -0.1) is 10.2 Å². The molecule has 2 aromatic carbocycles. The van der Waals surface area contributed by atoms with E-state index >= 15 is 0 Å². The van der Waals surface area contributed by atoms with Crippen LogP contribution in [0.2, 0.25) is 0 Å². The molecular weight excluding hydrogens is 448 g/mol. The first-order valence-electron chi connectivity index (χ1n) is 9.69. The summed E-state index contributed by atoms with van der Waals surface area (Å²) in [7, 11) is 0. The second-order valence-corrected chi connectivity index (χ2v) is 9.39. The van der Waals surface area contributed by atoms with Crippen molar-refractivity contribution in [1.29, 1.82) is 0 Å². The third-order valence-corrected chi connectivity index (χ3v) is 6.28. The fraction of sp³-hybridized carbons (Fsp3) is 0.318. The summed E-state index contributed by atoms with van der Waals surface area (Å²) in [4.78, 5) is 12.2. The summed E-state index contributed by atoms with van der Waals surface area (Å²) < 4.78 is 3.06. The van der Waals surface area contributed by atoms with Crippen LogP contribution < -0.4 is 5.32 Å². The highest BCUT2D eigenvalue weighted by Crippen LogP contribution is 2.30. The van der Waals surface area contributed by atoms with Gasteiger partial charge in [0.2, 0.25) is 5.91 Å². The molecular formula is C22H23BrN4OS. The summed E-state index contributed by atoms with van der Waals surface area (Å²) in [5, 5.41) is 12.6. The lowest BCUT2D eigenvalue weighted by Crippen LogP contribution is -2.27. The summed E-state index contributed by atoms with van der Waals surface area (Å²) in [5.74, 6) is 1.81. The van der Waals surface area contributed by atoms with E-state index in [1.807, 2.05) is 28.8 Å². The summed E-state index contributed by atoms with van der Waals surface area (Å²) >= 11 is 4.90. The molecule has 3 aromatic rings. The number of hydrogen-bond acceptors (Lipinski definition) is 4. The third-order valence-electron chi connectivity index (χ3n) is 4.82. The number of carbonyl (C=O) groups is 1. The van der Waals surface area contributed by atoms with Crippen LogP contribution in [-0.2, 0) is 4.79 Å². The molecule has 1 aliphatic rings. The molecule has 1 saturated carbocycles. The van der Waals surface area contributed by atoms with Crippen molar-refractivity contribution in [2.75, 3.05) is 12.3 Å². The van der Waals surface area contributed by atoms with E-state index in [4.69, 9.17) is 0 Å². The highest BCUT2D eigenvalue weighted by molar-refractivity contribution is 9.10. The fourth-order valence-electron chi connectivity index (χ4n) is 3.22. The number of hydrogen-bond donors (Lipinski definition) is 1. The van der Waals surface area contributed by atoms with Crippen LogP contribution >= 0.6 is 27.7 Å². The molecule has 1 aliphatic carbocycles. The third kappa shape index (κ3) is 5.08. The zero-order chi connectivity index (χ0) is 20.4. The van der Waals surface area contributed by atoms with Gasteiger partial charge in [0, 0.05) is 16.6 Å². The van der Waals surface area contributed by atoms with Crippen LogP contribution in [0.4, 0.5) is 0 Å². The molecule has 0 bridgehead atoms. The molecule has 1 heterocycles. The first-order valence-corrected chi connectivity index (χ1v) is 11.5. The minimum atomic E-state index is 0.0436. The normalized spacial score (nSPS) is 13.5. The first-order chi connectivity index (χ1) is 14.0. The van der Waals surface area contributed by atoms with Crippen LogP contribution in [0.5, 0.6) is 0 Å². The van der Waals surface area contributed by atoms with Gasteiger partial charge in [0.25, 0.3) is 0 Å². The lowest BCUT2D eigenvalue weighted by molar-refractivity contribution is -0.118. The van der Waals surface area contributed by atoms with Crippen LogP contribution in [-0.4, -0.2) is 33.0 Å². The number of benzene rings is 2. The average Bonchev–Trinajstić information content (AvgIpc) is 3.42. The van der Waals surface area contributed by atoms with Gasteiger partial charge >= 0.3 is 0 Å². The molecule has 1 aromatic heterocycles. The first kappa shape index (κ1) is 20.2. The maximum absolute atomic E-state index is 12.2. The molecule has 0 aliphatic heterocycles. The zero-order valence-corrected chi connectivity index (χ0v) is 18.9. The Balaban J connectivity index is 1.65. The predicted octanol–water partition coefficient (Wildman–Crippen LogP) is 4.93. The largest absolute Gasteiger partial charge is 0.355 e. The minimum absolute atomic E-state index is 0.0436. The average molecular weight is 471 g/mol. The molecule has 1 fully saturated rings. The quantitative estimate of drug-likeness (QED) is 0.497. The van der Waals surface area contributed by atoms with Crippen molar-refractivity contribution < 1.29 is 4.79 Å². The van der Waals surface area contributed by atoms with E-state index in [0.29, 0.717) is 11.7 Å². The van der Waals surface area contributed by atoms with E-state index in [0.717, 1.165) is 33.2 Å². The van der Waals surface area contributed by atoms with Crippen LogP contribution in [0.25, 0.3) is 17.1 Å². The maximum atomic E-state index is 12.2. The number of aryl methyl sites for hydroxylation is 2. The fourth-order valence-corrected chi connectivity index (χ4v) is 4.27. The van der Waals surface area contributed by atoms with Crippen LogP contribution in [0, 0.1) is 19.8 Å². The van der Waals surface area contributed by atoms with E-state index in [-0.39, 0.29) is 5.91 Å². The standard InChI is InChI=1S/C22H23BrN4OS/c1-14-9-15(2)11-19(10-14)27-21(17-5-7-18(23)8-6-17)25-26-22(27)29-13-20(28)24-12-16-3-4-16/h5-11,16H,3-4,12-13H2,1-2H3,(H,24,28). The SMILES string of the molecule is Cc1cc(C)cc(-n2c(SCC(=O)NCC3CC3)nnc2-c2ccc(Br)cc2)c1. The highest BCUT2D eigenvalue weighted by Gasteiger charge is 2.22. The number of rotatable bonds is 7. The Hall–Kier alpha value is -2.12. The Morgan fingerprint density at radius 1 is 1.14 bits per heavy atom. The Labute approximate surface area is 183 Å². The van der Waals surface area contributed by atoms with E-state index < -0.39 is 0 Å². The van der Waals surface area contributed by atoms with E-state index in [2.05, 4.69) is 63.5 Å². The Bertz CT molecular complexity index is 1010. The number of aromatic nitrogens is 3. The van der Waals surface area contributed by atoms with Gasteiger partial charge < -0.3 is 5.32 Å². The van der Waals surface area contributed by atoms with Gasteiger partial charge in [-0.3, -0.25) is 9.36 Å². The molecule has 29 heavy (non-hydrogen) atoms. The van der Waals surface area contributed by atoms with Gasteiger partial charge in [-0.1, -0.05) is 45.9 Å². The number of thioether (sulfide) groups is 1. The van der Waals surface area contributed by atoms with Crippen LogP contribution in [0.15, 0.2) is 52.1 Å². The second-order valence-electron chi connectivity index (χ2n) is 7.53. The zero-order valence-electron chi connectivity index (χ0n) is 16.5. The van der Waals surface area contributed by atoms with Crippen molar-refractivity contribution in [2.24, 2.45) is 5.92 Å². The Kier molecular flexibility index (Phi) is 6.06. The smallest absolute Gasteiger partial charge is 0.230 e. The van der Waals surface area contributed by atoms with Gasteiger partial charge in [0.05, 0.1) is 11.4 Å². The van der Waals surface area contributed by atoms with Gasteiger partial charge in [-0.05, 0) is 68.0 Å². The number of halogens is 1. The molecule has 5 nitrogen and oxygen atoms in total. The predicted molar refractivity (Wildman–Crippen MR) is 120 cm³/mol. The summed E-state index contributed by atoms with van der Waals surface area (Å²) in [6.07, 6.45) is 2.45. The Morgan fingerprint density at radius 3 is 2.48 bits per heavy atom. The second kappa shape index (κ2) is 8.71. The summed E-state index contributed by atoms with van der Waals surface area (Å²) in [6.45, 7) is 4.95. The number of amides is 1. The van der Waals surface area contributed by atoms with Crippen molar-refractivity contribution in [3.63, 3.8) is 0 Å². The topological polar surface area (TPSA) is 59.8 Å². The van der Waals surface area contributed by atoms with E-state index in [1.54, 1.807) is 0 Å². The maximum Gasteiger partial charge on any atom is 0.230 e. The number of nitrogens with one attached hydrogen (secondary N) is 1. The number of nitrogens with zero attached hydrogens (tertiary/aromatic N) is 3. The van der Waals surface area contributed by atoms with Gasteiger partial charge in [-0.25, -0.2) is 0 Å². The molecule has 1 amide bonds. The van der Waals surface area contributed by atoms with Crippen molar-refractivity contribution in [2.45, 2.75) is 31.8 Å². The lowest BCUT2D eigenvalue weighted by atomic mass is 10.1. The molecule has 0 unspecified atom stereocenters. The molecule has 0 radical (unpaired) electrons. The molecule has 1 N–H and O–H groups in total. The monoisotopic (exact) mass is 470 g/mol. The number of carbonyl (C=O) groups excluding carboxylic acids is 1. The van der Waals surface area contributed by atoms with Crippen molar-refractivity contribution in [3.05, 3.63) is 58.1 Å². The minimum Gasteiger partial charge on any atom is -0.355 e. The summed E-state index contributed by atoms with van der Waals surface area (Å²) in [6, 6.07) is 14.4.